The average molecular weight is 393 g/mol. The molecule has 4 fully saturated rings. The lowest BCUT2D eigenvalue weighted by atomic mass is 9.43. The van der Waals surface area contributed by atoms with E-state index in [4.69, 9.17) is 5.11 Å². The van der Waals surface area contributed by atoms with Crippen molar-refractivity contribution in [2.24, 2.45) is 46.3 Å². The van der Waals surface area contributed by atoms with Gasteiger partial charge in [0.1, 0.15) is 0 Å². The van der Waals surface area contributed by atoms with Gasteiger partial charge in [0.2, 0.25) is 0 Å². The van der Waals surface area contributed by atoms with Crippen molar-refractivity contribution in [3.05, 3.63) is 0 Å². The van der Waals surface area contributed by atoms with E-state index in [0.29, 0.717) is 35.5 Å². The second kappa shape index (κ2) is 7.27. The monoisotopic (exact) mass is 392 g/mol. The number of aliphatic hydroxyl groups is 2. The number of hydrogen-bond donors (Lipinski definition) is 3. The Labute approximate surface area is 170 Å². The lowest BCUT2D eigenvalue weighted by Crippen LogP contribution is -2.58. The molecule has 0 aromatic carbocycles. The second-order valence-corrected chi connectivity index (χ2v) is 11.4. The van der Waals surface area contributed by atoms with Crippen LogP contribution in [0.1, 0.15) is 85.0 Å². The number of rotatable bonds is 4. The van der Waals surface area contributed by atoms with Crippen molar-refractivity contribution in [3.63, 3.8) is 0 Å². The molecule has 4 aliphatic rings. The van der Waals surface area contributed by atoms with Gasteiger partial charge >= 0.3 is 5.97 Å². The summed E-state index contributed by atoms with van der Waals surface area (Å²) in [7, 11) is 0. The van der Waals surface area contributed by atoms with Gasteiger partial charge in [0, 0.05) is 6.42 Å². The van der Waals surface area contributed by atoms with E-state index in [9.17, 15) is 15.0 Å². The van der Waals surface area contributed by atoms with Crippen LogP contribution < -0.4 is 0 Å². The lowest BCUT2D eigenvalue weighted by molar-refractivity contribution is -0.174. The van der Waals surface area contributed by atoms with E-state index in [1.54, 1.807) is 0 Å². The third-order valence-electron chi connectivity index (χ3n) is 10.2. The minimum atomic E-state index is -0.684. The highest BCUT2D eigenvalue weighted by Crippen LogP contribution is 2.68. The van der Waals surface area contributed by atoms with Crippen LogP contribution in [0.25, 0.3) is 0 Å². The molecule has 10 atom stereocenters. The highest BCUT2D eigenvalue weighted by molar-refractivity contribution is 5.66. The first-order valence-electron chi connectivity index (χ1n) is 11.7. The fraction of sp³-hybridized carbons (Fsp3) is 0.958. The Kier molecular flexibility index (Phi) is 5.36. The predicted molar refractivity (Wildman–Crippen MR) is 109 cm³/mol. The summed E-state index contributed by atoms with van der Waals surface area (Å²) in [5.41, 5.74) is 0.523. The fourth-order valence-corrected chi connectivity index (χ4v) is 8.73. The molecule has 0 aromatic heterocycles. The van der Waals surface area contributed by atoms with Gasteiger partial charge in [-0.25, -0.2) is 0 Å². The first-order chi connectivity index (χ1) is 13.2. The van der Waals surface area contributed by atoms with Crippen molar-refractivity contribution in [2.45, 2.75) is 97.2 Å². The van der Waals surface area contributed by atoms with E-state index in [0.717, 1.165) is 32.1 Å². The van der Waals surface area contributed by atoms with Crippen molar-refractivity contribution < 1.29 is 20.1 Å². The van der Waals surface area contributed by atoms with Crippen LogP contribution in [-0.4, -0.2) is 33.5 Å². The van der Waals surface area contributed by atoms with Gasteiger partial charge in [0.15, 0.2) is 0 Å². The summed E-state index contributed by atoms with van der Waals surface area (Å²) in [4.78, 5) is 11.1. The molecule has 160 valence electrons. The molecule has 0 aliphatic heterocycles. The molecule has 2 unspecified atom stereocenters. The zero-order valence-corrected chi connectivity index (χ0v) is 17.9. The molecule has 0 heterocycles. The van der Waals surface area contributed by atoms with Crippen molar-refractivity contribution in [1.82, 2.24) is 0 Å². The quantitative estimate of drug-likeness (QED) is 0.659. The number of carbonyl (C=O) groups is 1. The van der Waals surface area contributed by atoms with Crippen LogP contribution in [0.3, 0.4) is 0 Å². The molecule has 28 heavy (non-hydrogen) atoms. The number of carboxylic acid groups (broad SMARTS) is 1. The van der Waals surface area contributed by atoms with E-state index in [2.05, 4.69) is 20.8 Å². The smallest absolute Gasteiger partial charge is 0.303 e. The van der Waals surface area contributed by atoms with Crippen LogP contribution in [0, 0.1) is 46.3 Å². The first-order valence-corrected chi connectivity index (χ1v) is 11.7. The maximum absolute atomic E-state index is 11.2. The Hall–Kier alpha value is -0.610. The molecule has 0 amide bonds. The van der Waals surface area contributed by atoms with E-state index >= 15 is 0 Å². The van der Waals surface area contributed by atoms with Crippen molar-refractivity contribution in [3.8, 4) is 0 Å². The van der Waals surface area contributed by atoms with E-state index in [-0.39, 0.29) is 29.5 Å². The van der Waals surface area contributed by atoms with E-state index < -0.39 is 5.97 Å². The molecule has 4 saturated carbocycles. The Morgan fingerprint density at radius 1 is 1.00 bits per heavy atom. The van der Waals surface area contributed by atoms with Gasteiger partial charge in [0.25, 0.3) is 0 Å². The molecule has 0 saturated heterocycles. The largest absolute Gasteiger partial charge is 0.481 e. The summed E-state index contributed by atoms with van der Waals surface area (Å²) in [6.45, 7) is 7.16. The van der Waals surface area contributed by atoms with E-state index in [1.807, 2.05) is 0 Å². The molecule has 3 N–H and O–H groups in total. The number of carboxylic acids is 1. The molecule has 0 bridgehead atoms. The number of aliphatic hydroxyl groups excluding tert-OH is 2. The standard InChI is InChI=1S/C24H40O4/c1-14(4-7-21(27)28)17-5-6-18-22-19(9-11-24(17,18)3)23(2)10-8-16(25)12-15(23)13-20(22)26/h14-20,22,25-26H,4-13H2,1-3H3,(H,27,28)/t14-,15+,16-,17?,18+,19?,20-,22+,23+,24-/m1/s1. The van der Waals surface area contributed by atoms with Crippen molar-refractivity contribution in [1.29, 1.82) is 0 Å². The summed E-state index contributed by atoms with van der Waals surface area (Å²) in [5, 5.41) is 30.5. The zero-order chi connectivity index (χ0) is 20.3. The second-order valence-electron chi connectivity index (χ2n) is 11.4. The maximum atomic E-state index is 11.2. The highest BCUT2D eigenvalue weighted by Gasteiger charge is 2.62. The van der Waals surface area contributed by atoms with Crippen molar-refractivity contribution in [2.75, 3.05) is 0 Å². The van der Waals surface area contributed by atoms with Gasteiger partial charge in [-0.2, -0.15) is 0 Å². The average Bonchev–Trinajstić information content (AvgIpc) is 2.98. The molecular formula is C24H40O4. The van der Waals surface area contributed by atoms with Crippen LogP contribution in [0.2, 0.25) is 0 Å². The van der Waals surface area contributed by atoms with Crippen LogP contribution in [0.15, 0.2) is 0 Å². The van der Waals surface area contributed by atoms with Crippen LogP contribution in [0.5, 0.6) is 0 Å². The molecular weight excluding hydrogens is 352 g/mol. The zero-order valence-electron chi connectivity index (χ0n) is 17.9. The van der Waals surface area contributed by atoms with Crippen molar-refractivity contribution >= 4 is 5.97 Å². The van der Waals surface area contributed by atoms with Gasteiger partial charge in [-0.05, 0) is 104 Å². The third kappa shape index (κ3) is 3.14. The van der Waals surface area contributed by atoms with Gasteiger partial charge in [-0.3, -0.25) is 4.79 Å². The van der Waals surface area contributed by atoms with Gasteiger partial charge < -0.3 is 15.3 Å². The summed E-state index contributed by atoms with van der Waals surface area (Å²) in [6.07, 6.45) is 9.19. The Bertz CT molecular complexity index is 605. The molecule has 0 spiro atoms. The van der Waals surface area contributed by atoms with Gasteiger partial charge in [0.05, 0.1) is 12.2 Å². The summed E-state index contributed by atoms with van der Waals surface area (Å²) < 4.78 is 0. The molecule has 0 radical (unpaired) electrons. The topological polar surface area (TPSA) is 77.8 Å². The first kappa shape index (κ1) is 20.7. The van der Waals surface area contributed by atoms with Crippen LogP contribution in [0.4, 0.5) is 0 Å². The minimum Gasteiger partial charge on any atom is -0.481 e. The minimum absolute atomic E-state index is 0.179. The fourth-order valence-electron chi connectivity index (χ4n) is 8.73. The molecule has 4 heteroatoms. The van der Waals surface area contributed by atoms with E-state index in [1.165, 1.54) is 25.7 Å². The predicted octanol–water partition coefficient (Wildman–Crippen LogP) is 4.48. The number of hydrogen-bond acceptors (Lipinski definition) is 3. The number of fused-ring (bicyclic) bond motifs is 5. The molecule has 0 aromatic rings. The third-order valence-corrected chi connectivity index (χ3v) is 10.2. The van der Waals surface area contributed by atoms with Crippen LogP contribution in [-0.2, 0) is 4.79 Å². The highest BCUT2D eigenvalue weighted by atomic mass is 16.4. The van der Waals surface area contributed by atoms with Crippen LogP contribution >= 0.6 is 0 Å². The Morgan fingerprint density at radius 2 is 1.68 bits per heavy atom. The molecule has 4 aliphatic carbocycles. The van der Waals surface area contributed by atoms with Gasteiger partial charge in [-0.15, -0.1) is 0 Å². The summed E-state index contributed by atoms with van der Waals surface area (Å²) >= 11 is 0. The summed E-state index contributed by atoms with van der Waals surface area (Å²) in [5.74, 6) is 2.36. The molecule has 4 rings (SSSR count). The molecule has 4 nitrogen and oxygen atoms in total. The SMILES string of the molecule is C[C@H](CCC(=O)O)C1CC[C@H]2[C@H]3C(CC[C@]12C)[C@@]1(C)CC[C@@H](O)C[C@H]1C[C@H]3O. The Morgan fingerprint density at radius 3 is 2.39 bits per heavy atom. The normalized spacial score (nSPS) is 51.7. The van der Waals surface area contributed by atoms with Gasteiger partial charge in [-0.1, -0.05) is 20.8 Å². The maximum Gasteiger partial charge on any atom is 0.303 e. The number of aliphatic carboxylic acids is 1. The Balaban J connectivity index is 1.55. The summed E-state index contributed by atoms with van der Waals surface area (Å²) in [6, 6.07) is 0. The lowest BCUT2D eigenvalue weighted by Gasteiger charge is -2.62.